The number of aryl methyl sites for hydroxylation is 1. The first kappa shape index (κ1) is 20.1. The molecule has 1 N–H and O–H groups in total. The normalized spacial score (nSPS) is 15.1. The summed E-state index contributed by atoms with van der Waals surface area (Å²) in [5, 5.41) is 2.66. The number of fused-ring (bicyclic) bond motifs is 2. The third kappa shape index (κ3) is 3.89. The van der Waals surface area contributed by atoms with Gasteiger partial charge < -0.3 is 19.9 Å². The predicted octanol–water partition coefficient (Wildman–Crippen LogP) is 5.17. The van der Waals surface area contributed by atoms with Crippen molar-refractivity contribution in [3.63, 3.8) is 0 Å². The van der Waals surface area contributed by atoms with Crippen molar-refractivity contribution in [3.05, 3.63) is 83.7 Å². The zero-order valence-electron chi connectivity index (χ0n) is 17.7. The maximum absolute atomic E-state index is 13.9. The van der Waals surface area contributed by atoms with Crippen LogP contribution in [0.5, 0.6) is 11.5 Å². The topological polar surface area (TPSA) is 57.2 Å². The molecule has 0 aliphatic carbocycles. The van der Waals surface area contributed by atoms with E-state index in [4.69, 9.17) is 9.73 Å². The van der Waals surface area contributed by atoms with Crippen LogP contribution in [0.2, 0.25) is 0 Å². The van der Waals surface area contributed by atoms with E-state index in [9.17, 15) is 9.18 Å². The SMILES string of the molecule is Cc1ccc2c(c1)C(N1CCN(C(=O)Nc3ccccc3F)CC1)=Nc1ccccc1O2. The van der Waals surface area contributed by atoms with Crippen LogP contribution in [0, 0.1) is 12.7 Å². The number of hydrogen-bond acceptors (Lipinski definition) is 4. The monoisotopic (exact) mass is 430 g/mol. The fourth-order valence-corrected chi connectivity index (χ4v) is 3.96. The molecular weight excluding hydrogens is 407 g/mol. The van der Waals surface area contributed by atoms with E-state index in [0.717, 1.165) is 34.1 Å². The summed E-state index contributed by atoms with van der Waals surface area (Å²) in [7, 11) is 0. The van der Waals surface area contributed by atoms with E-state index in [1.165, 1.54) is 6.07 Å². The number of anilines is 1. The number of para-hydroxylation sites is 3. The average Bonchev–Trinajstić information content (AvgIpc) is 2.97. The smallest absolute Gasteiger partial charge is 0.322 e. The summed E-state index contributed by atoms with van der Waals surface area (Å²) in [4.78, 5) is 21.5. The Morgan fingerprint density at radius 2 is 1.72 bits per heavy atom. The van der Waals surface area contributed by atoms with E-state index in [2.05, 4.69) is 16.3 Å². The van der Waals surface area contributed by atoms with Gasteiger partial charge in [-0.15, -0.1) is 0 Å². The first-order valence-electron chi connectivity index (χ1n) is 10.6. The number of amides is 2. The molecule has 0 spiro atoms. The molecule has 162 valence electrons. The molecule has 1 saturated heterocycles. The molecule has 5 rings (SSSR count). The van der Waals surface area contributed by atoms with Crippen LogP contribution in [0.4, 0.5) is 20.6 Å². The Kier molecular flexibility index (Phi) is 5.23. The maximum Gasteiger partial charge on any atom is 0.322 e. The van der Waals surface area contributed by atoms with Gasteiger partial charge in [-0.05, 0) is 43.3 Å². The number of nitrogens with zero attached hydrogens (tertiary/aromatic N) is 3. The minimum atomic E-state index is -0.446. The van der Waals surface area contributed by atoms with Crippen molar-refractivity contribution in [2.45, 2.75) is 6.92 Å². The Morgan fingerprint density at radius 1 is 0.969 bits per heavy atom. The molecule has 7 heteroatoms. The fourth-order valence-electron chi connectivity index (χ4n) is 3.96. The van der Waals surface area contributed by atoms with E-state index in [-0.39, 0.29) is 11.7 Å². The Balaban J connectivity index is 1.37. The number of hydrogen-bond donors (Lipinski definition) is 1. The number of carbonyl (C=O) groups excluding carboxylic acids is 1. The molecule has 6 nitrogen and oxygen atoms in total. The summed E-state index contributed by atoms with van der Waals surface area (Å²) in [6, 6.07) is 19.7. The van der Waals surface area contributed by atoms with Crippen LogP contribution < -0.4 is 10.1 Å². The van der Waals surface area contributed by atoms with Crippen LogP contribution >= 0.6 is 0 Å². The minimum Gasteiger partial charge on any atom is -0.454 e. The molecule has 2 amide bonds. The molecule has 0 aromatic heterocycles. The second kappa shape index (κ2) is 8.34. The summed E-state index contributed by atoms with van der Waals surface area (Å²) in [6.45, 7) is 4.27. The third-order valence-corrected chi connectivity index (χ3v) is 5.67. The van der Waals surface area contributed by atoms with Crippen molar-refractivity contribution in [1.82, 2.24) is 9.80 Å². The van der Waals surface area contributed by atoms with Crippen LogP contribution in [0.1, 0.15) is 11.1 Å². The van der Waals surface area contributed by atoms with Crippen molar-refractivity contribution in [3.8, 4) is 11.5 Å². The van der Waals surface area contributed by atoms with Crippen LogP contribution in [0.25, 0.3) is 0 Å². The lowest BCUT2D eigenvalue weighted by molar-refractivity contribution is 0.181. The minimum absolute atomic E-state index is 0.186. The highest BCUT2D eigenvalue weighted by Gasteiger charge is 2.27. The number of halogens is 1. The second-order valence-electron chi connectivity index (χ2n) is 7.89. The highest BCUT2D eigenvalue weighted by atomic mass is 19.1. The highest BCUT2D eigenvalue weighted by Crippen LogP contribution is 2.38. The standard InChI is InChI=1S/C25H23FN4O2/c1-17-10-11-22-18(16-17)24(27-21-8-4-5-9-23(21)32-22)29-12-14-30(15-13-29)25(31)28-20-7-3-2-6-19(20)26/h2-11,16H,12-15H2,1H3,(H,28,31). The fraction of sp³-hybridized carbons (Fsp3) is 0.200. The van der Waals surface area contributed by atoms with E-state index in [1.807, 2.05) is 43.3 Å². The number of aliphatic imine (C=N–C) groups is 1. The number of amidine groups is 1. The lowest BCUT2D eigenvalue weighted by atomic mass is 10.1. The zero-order valence-corrected chi connectivity index (χ0v) is 17.7. The van der Waals surface area contributed by atoms with Crippen LogP contribution in [-0.2, 0) is 0 Å². The van der Waals surface area contributed by atoms with Crippen molar-refractivity contribution in [2.75, 3.05) is 31.5 Å². The number of ether oxygens (including phenoxy) is 1. The predicted molar refractivity (Wildman–Crippen MR) is 122 cm³/mol. The molecule has 32 heavy (non-hydrogen) atoms. The van der Waals surface area contributed by atoms with E-state index in [0.29, 0.717) is 26.2 Å². The lowest BCUT2D eigenvalue weighted by Gasteiger charge is -2.36. The van der Waals surface area contributed by atoms with Gasteiger partial charge >= 0.3 is 6.03 Å². The molecule has 0 unspecified atom stereocenters. The largest absolute Gasteiger partial charge is 0.454 e. The molecule has 2 aliphatic heterocycles. The van der Waals surface area contributed by atoms with E-state index < -0.39 is 5.82 Å². The first-order valence-corrected chi connectivity index (χ1v) is 10.6. The highest BCUT2D eigenvalue weighted by molar-refractivity contribution is 6.04. The van der Waals surface area contributed by atoms with Crippen LogP contribution in [0.15, 0.2) is 71.7 Å². The van der Waals surface area contributed by atoms with Gasteiger partial charge in [0, 0.05) is 26.2 Å². The molecular formula is C25H23FN4O2. The summed E-state index contributed by atoms with van der Waals surface area (Å²) in [6.07, 6.45) is 0. The summed E-state index contributed by atoms with van der Waals surface area (Å²) < 4.78 is 20.1. The summed E-state index contributed by atoms with van der Waals surface area (Å²) >= 11 is 0. The number of nitrogens with one attached hydrogen (secondary N) is 1. The average molecular weight is 430 g/mol. The van der Waals surface area contributed by atoms with Gasteiger partial charge in [0.2, 0.25) is 0 Å². The van der Waals surface area contributed by atoms with Crippen molar-refractivity contribution < 1.29 is 13.9 Å². The van der Waals surface area contributed by atoms with Crippen molar-refractivity contribution >= 4 is 23.2 Å². The van der Waals surface area contributed by atoms with Gasteiger partial charge in [-0.3, -0.25) is 0 Å². The summed E-state index contributed by atoms with van der Waals surface area (Å²) in [5.41, 5.74) is 3.02. The van der Waals surface area contributed by atoms with Gasteiger partial charge in [0.15, 0.2) is 5.75 Å². The number of urea groups is 1. The lowest BCUT2D eigenvalue weighted by Crippen LogP contribution is -2.51. The zero-order chi connectivity index (χ0) is 22.1. The molecule has 1 fully saturated rings. The molecule has 0 saturated carbocycles. The first-order chi connectivity index (χ1) is 15.6. The molecule has 0 atom stereocenters. The van der Waals surface area contributed by atoms with E-state index in [1.54, 1.807) is 23.1 Å². The van der Waals surface area contributed by atoms with E-state index >= 15 is 0 Å². The van der Waals surface area contributed by atoms with Gasteiger partial charge in [0.1, 0.15) is 23.1 Å². The Labute approximate surface area is 185 Å². The number of carbonyl (C=O) groups is 1. The Hall–Kier alpha value is -3.87. The van der Waals surface area contributed by atoms with Gasteiger partial charge in [0.25, 0.3) is 0 Å². The number of benzene rings is 3. The van der Waals surface area contributed by atoms with Crippen LogP contribution in [0.3, 0.4) is 0 Å². The van der Waals surface area contributed by atoms with Gasteiger partial charge in [-0.2, -0.15) is 0 Å². The molecule has 3 aromatic carbocycles. The Morgan fingerprint density at radius 3 is 2.53 bits per heavy atom. The third-order valence-electron chi connectivity index (χ3n) is 5.67. The molecule has 2 aliphatic rings. The van der Waals surface area contributed by atoms with Crippen molar-refractivity contribution in [1.29, 1.82) is 0 Å². The molecule has 2 heterocycles. The van der Waals surface area contributed by atoms with Crippen LogP contribution in [-0.4, -0.2) is 47.8 Å². The van der Waals surface area contributed by atoms with Gasteiger partial charge in [-0.25, -0.2) is 14.2 Å². The van der Waals surface area contributed by atoms with Gasteiger partial charge in [0.05, 0.1) is 11.3 Å². The number of piperazine rings is 1. The summed E-state index contributed by atoms with van der Waals surface area (Å²) in [5.74, 6) is 1.87. The molecule has 0 radical (unpaired) electrons. The molecule has 0 bridgehead atoms. The quantitative estimate of drug-likeness (QED) is 0.580. The second-order valence-corrected chi connectivity index (χ2v) is 7.89. The van der Waals surface area contributed by atoms with Gasteiger partial charge in [-0.1, -0.05) is 35.9 Å². The maximum atomic E-state index is 13.9. The Bertz CT molecular complexity index is 1200. The molecule has 3 aromatic rings. The number of rotatable bonds is 1. The van der Waals surface area contributed by atoms with Crippen molar-refractivity contribution in [2.24, 2.45) is 4.99 Å².